The molecule has 2 heteroatoms. The molecule has 0 aromatic rings. The van der Waals surface area contributed by atoms with Gasteiger partial charge in [-0.25, -0.2) is 0 Å². The van der Waals surface area contributed by atoms with Gasteiger partial charge in [0.1, 0.15) is 0 Å². The van der Waals surface area contributed by atoms with Crippen LogP contribution in [0.2, 0.25) is 0 Å². The Kier molecular flexibility index (Phi) is 0.734. The van der Waals surface area contributed by atoms with Crippen LogP contribution in [0.1, 0.15) is 12.8 Å². The van der Waals surface area contributed by atoms with Gasteiger partial charge in [-0.3, -0.25) is 0 Å². The van der Waals surface area contributed by atoms with E-state index in [0.29, 0.717) is 24.0 Å². The average Bonchev–Trinajstić information content (AvgIpc) is 2.83. The highest BCUT2D eigenvalue weighted by molar-refractivity contribution is 5.38. The normalized spacial score (nSPS) is 74.5. The van der Waals surface area contributed by atoms with Gasteiger partial charge < -0.3 is 10.2 Å². The maximum absolute atomic E-state index is 9.33. The maximum atomic E-state index is 9.33. The number of hydrogen-bond donors (Lipinski definition) is 2. The molecule has 4 aliphatic carbocycles. The van der Waals surface area contributed by atoms with Crippen LogP contribution in [0, 0.1) is 34.5 Å². The van der Waals surface area contributed by atoms with Gasteiger partial charge in [-0.05, 0) is 36.5 Å². The summed E-state index contributed by atoms with van der Waals surface area (Å²) in [6, 6.07) is 0. The third-order valence-electron chi connectivity index (χ3n) is 5.60. The topological polar surface area (TPSA) is 40.5 Å². The van der Waals surface area contributed by atoms with Crippen molar-refractivity contribution in [3.05, 3.63) is 0 Å². The number of aliphatic hydroxyl groups is 2. The van der Waals surface area contributed by atoms with E-state index in [1.54, 1.807) is 0 Å². The highest BCUT2D eigenvalue weighted by atomic mass is 16.3. The molecule has 0 aliphatic heterocycles. The molecular formula is C10H14O2. The molecule has 0 amide bonds. The summed E-state index contributed by atoms with van der Waals surface area (Å²) < 4.78 is 0. The first-order valence-electron chi connectivity index (χ1n) is 5.02. The molecule has 4 fully saturated rings. The molecule has 0 radical (unpaired) electrons. The summed E-state index contributed by atoms with van der Waals surface area (Å²) in [5.74, 6) is 3.34. The first-order chi connectivity index (χ1) is 5.80. The van der Waals surface area contributed by atoms with Crippen LogP contribution in [-0.4, -0.2) is 23.4 Å². The Bertz CT molecular complexity index is 251. The lowest BCUT2D eigenvalue weighted by molar-refractivity contribution is 0.103. The zero-order chi connectivity index (χ0) is 8.14. The van der Waals surface area contributed by atoms with Gasteiger partial charge in [-0.15, -0.1) is 0 Å². The van der Waals surface area contributed by atoms with Gasteiger partial charge in [0.05, 0.1) is 0 Å². The average molecular weight is 166 g/mol. The molecule has 4 saturated carbocycles. The molecule has 6 atom stereocenters. The molecule has 2 N–H and O–H groups in total. The maximum Gasteiger partial charge on any atom is 0.0493 e. The molecule has 0 spiro atoms. The van der Waals surface area contributed by atoms with Crippen molar-refractivity contribution in [3.8, 4) is 0 Å². The number of aliphatic hydroxyl groups excluding tert-OH is 2. The third-order valence-corrected chi connectivity index (χ3v) is 5.60. The van der Waals surface area contributed by atoms with Gasteiger partial charge in [0.25, 0.3) is 0 Å². The smallest absolute Gasteiger partial charge is 0.0493 e. The van der Waals surface area contributed by atoms with Crippen LogP contribution in [-0.2, 0) is 0 Å². The minimum Gasteiger partial charge on any atom is -0.396 e. The van der Waals surface area contributed by atoms with E-state index in [1.165, 1.54) is 6.42 Å². The second kappa shape index (κ2) is 1.38. The van der Waals surface area contributed by atoms with Gasteiger partial charge >= 0.3 is 0 Å². The first kappa shape index (κ1) is 6.39. The van der Waals surface area contributed by atoms with Crippen molar-refractivity contribution in [2.45, 2.75) is 12.8 Å². The fourth-order valence-electron chi connectivity index (χ4n) is 5.14. The molecule has 0 saturated heterocycles. The molecule has 2 nitrogen and oxygen atoms in total. The molecule has 12 heavy (non-hydrogen) atoms. The lowest BCUT2D eigenvalue weighted by Crippen LogP contribution is -2.24. The Morgan fingerprint density at radius 1 is 1.00 bits per heavy atom. The molecular weight excluding hydrogens is 152 g/mol. The van der Waals surface area contributed by atoms with Crippen LogP contribution >= 0.6 is 0 Å². The SMILES string of the molecule is OC[C@]12C[C@]3(CO)[C@@H]4[C@H]1[C@H]2C[C@@H]43. The molecule has 0 unspecified atom stereocenters. The summed E-state index contributed by atoms with van der Waals surface area (Å²) in [6.45, 7) is 0.764. The zero-order valence-corrected chi connectivity index (χ0v) is 7.03. The summed E-state index contributed by atoms with van der Waals surface area (Å²) in [6.07, 6.45) is 2.45. The minimum atomic E-state index is 0.308. The predicted molar refractivity (Wildman–Crippen MR) is 42.2 cm³/mol. The standard InChI is InChI=1S/C10H14O2/c11-3-9-2-10(4-12)6-1-5(9)7(9)8(6)10/h5-8,11-12H,1-4H2/t5-,6+,7-,8+,9+,10-. The van der Waals surface area contributed by atoms with Crippen molar-refractivity contribution in [2.75, 3.05) is 13.2 Å². The van der Waals surface area contributed by atoms with E-state index in [0.717, 1.165) is 30.1 Å². The van der Waals surface area contributed by atoms with Gasteiger partial charge in [-0.1, -0.05) is 0 Å². The van der Waals surface area contributed by atoms with Crippen molar-refractivity contribution in [1.82, 2.24) is 0 Å². The fourth-order valence-corrected chi connectivity index (χ4v) is 5.14. The van der Waals surface area contributed by atoms with E-state index in [1.807, 2.05) is 0 Å². The zero-order valence-electron chi connectivity index (χ0n) is 7.03. The van der Waals surface area contributed by atoms with Crippen molar-refractivity contribution in [2.24, 2.45) is 34.5 Å². The molecule has 0 bridgehead atoms. The van der Waals surface area contributed by atoms with Crippen LogP contribution in [0.15, 0.2) is 0 Å². The van der Waals surface area contributed by atoms with Crippen molar-refractivity contribution in [3.63, 3.8) is 0 Å². The number of hydrogen-bond acceptors (Lipinski definition) is 2. The van der Waals surface area contributed by atoms with Crippen molar-refractivity contribution >= 4 is 0 Å². The summed E-state index contributed by atoms with van der Waals surface area (Å²) in [4.78, 5) is 0. The second-order valence-corrected chi connectivity index (χ2v) is 5.46. The number of rotatable bonds is 2. The lowest BCUT2D eigenvalue weighted by Gasteiger charge is -2.25. The Morgan fingerprint density at radius 2 is 1.50 bits per heavy atom. The predicted octanol–water partition coefficient (Wildman–Crippen LogP) is 0.243. The molecule has 4 rings (SSSR count). The monoisotopic (exact) mass is 166 g/mol. The van der Waals surface area contributed by atoms with Crippen LogP contribution in [0.5, 0.6) is 0 Å². The number of fused-ring (bicyclic) bond motifs is 2. The quantitative estimate of drug-likeness (QED) is 0.617. The lowest BCUT2D eigenvalue weighted by atomic mass is 9.81. The van der Waals surface area contributed by atoms with Crippen molar-refractivity contribution in [1.29, 1.82) is 0 Å². The Labute approximate surface area is 71.6 Å². The van der Waals surface area contributed by atoms with Crippen LogP contribution in [0.3, 0.4) is 0 Å². The van der Waals surface area contributed by atoms with E-state index in [2.05, 4.69) is 0 Å². The van der Waals surface area contributed by atoms with E-state index in [-0.39, 0.29) is 0 Å². The van der Waals surface area contributed by atoms with E-state index < -0.39 is 0 Å². The highest BCUT2D eigenvalue weighted by Crippen LogP contribution is 2.94. The van der Waals surface area contributed by atoms with E-state index in [9.17, 15) is 10.2 Å². The fraction of sp³-hybridized carbons (Fsp3) is 1.00. The molecule has 0 aromatic heterocycles. The van der Waals surface area contributed by atoms with E-state index >= 15 is 0 Å². The molecule has 0 heterocycles. The summed E-state index contributed by atoms with van der Waals surface area (Å²) >= 11 is 0. The Hall–Kier alpha value is -0.0800. The third kappa shape index (κ3) is 0.344. The van der Waals surface area contributed by atoms with Crippen LogP contribution < -0.4 is 0 Å². The first-order valence-corrected chi connectivity index (χ1v) is 5.02. The molecule has 66 valence electrons. The summed E-state index contributed by atoms with van der Waals surface area (Å²) in [7, 11) is 0. The Morgan fingerprint density at radius 3 is 1.83 bits per heavy atom. The van der Waals surface area contributed by atoms with Crippen LogP contribution in [0.4, 0.5) is 0 Å². The van der Waals surface area contributed by atoms with Gasteiger partial charge in [0.2, 0.25) is 0 Å². The molecule has 0 aromatic carbocycles. The van der Waals surface area contributed by atoms with Crippen LogP contribution in [0.25, 0.3) is 0 Å². The van der Waals surface area contributed by atoms with Crippen molar-refractivity contribution < 1.29 is 10.2 Å². The second-order valence-electron chi connectivity index (χ2n) is 5.46. The van der Waals surface area contributed by atoms with E-state index in [4.69, 9.17) is 0 Å². The van der Waals surface area contributed by atoms with Gasteiger partial charge in [0, 0.05) is 24.0 Å². The summed E-state index contributed by atoms with van der Waals surface area (Å²) in [5, 5.41) is 18.7. The van der Waals surface area contributed by atoms with Gasteiger partial charge in [0.15, 0.2) is 0 Å². The largest absolute Gasteiger partial charge is 0.396 e. The highest BCUT2D eigenvalue weighted by Gasteiger charge is 2.91. The summed E-state index contributed by atoms with van der Waals surface area (Å²) in [5.41, 5.74) is 0.615. The Balaban J connectivity index is 1.79. The van der Waals surface area contributed by atoms with Gasteiger partial charge in [-0.2, -0.15) is 0 Å². The minimum absolute atomic E-state index is 0.308. The molecule has 4 aliphatic rings.